The number of nitrogens with one attached hydrogen (secondary N) is 2. The summed E-state index contributed by atoms with van der Waals surface area (Å²) in [5.41, 5.74) is 2.31. The molecular formula is C21H25N3O3. The van der Waals surface area contributed by atoms with Crippen molar-refractivity contribution in [1.82, 2.24) is 10.2 Å². The van der Waals surface area contributed by atoms with Gasteiger partial charge < -0.3 is 15.4 Å². The Morgan fingerprint density at radius 3 is 2.33 bits per heavy atom. The molecule has 2 aromatic carbocycles. The second-order valence-corrected chi connectivity index (χ2v) is 6.61. The number of morpholine rings is 1. The number of hydrogen-bond donors (Lipinski definition) is 2. The number of rotatable bonds is 6. The average Bonchev–Trinajstić information content (AvgIpc) is 2.69. The molecular weight excluding hydrogens is 342 g/mol. The lowest BCUT2D eigenvalue weighted by atomic mass is 10.1. The number of hydrogen-bond acceptors (Lipinski definition) is 4. The van der Waals surface area contributed by atoms with Gasteiger partial charge in [-0.3, -0.25) is 14.5 Å². The fourth-order valence-electron chi connectivity index (χ4n) is 3.11. The third kappa shape index (κ3) is 5.64. The van der Waals surface area contributed by atoms with Crippen molar-refractivity contribution in [2.24, 2.45) is 0 Å². The van der Waals surface area contributed by atoms with E-state index >= 15 is 0 Å². The lowest BCUT2D eigenvalue weighted by molar-refractivity contribution is -0.114. The van der Waals surface area contributed by atoms with Gasteiger partial charge in [0.15, 0.2) is 0 Å². The smallest absolute Gasteiger partial charge is 0.251 e. The molecule has 1 saturated heterocycles. The van der Waals surface area contributed by atoms with Gasteiger partial charge in [-0.25, -0.2) is 0 Å². The number of nitrogens with zero attached hydrogens (tertiary/aromatic N) is 1. The van der Waals surface area contributed by atoms with E-state index in [-0.39, 0.29) is 17.9 Å². The van der Waals surface area contributed by atoms with E-state index in [9.17, 15) is 9.59 Å². The Balaban J connectivity index is 1.70. The van der Waals surface area contributed by atoms with Crippen LogP contribution in [0.4, 0.5) is 5.69 Å². The van der Waals surface area contributed by atoms with Crippen molar-refractivity contribution < 1.29 is 14.3 Å². The van der Waals surface area contributed by atoms with Gasteiger partial charge in [0, 0.05) is 37.8 Å². The van der Waals surface area contributed by atoms with Crippen LogP contribution < -0.4 is 10.6 Å². The molecule has 1 atom stereocenters. The monoisotopic (exact) mass is 367 g/mol. The maximum atomic E-state index is 12.8. The highest BCUT2D eigenvalue weighted by molar-refractivity contribution is 5.95. The molecule has 1 heterocycles. The molecule has 1 unspecified atom stereocenters. The molecule has 0 aliphatic carbocycles. The Kier molecular flexibility index (Phi) is 6.57. The molecule has 6 heteroatoms. The molecule has 2 aromatic rings. The lowest BCUT2D eigenvalue weighted by Crippen LogP contribution is -2.43. The first-order valence-corrected chi connectivity index (χ1v) is 9.15. The fourth-order valence-corrected chi connectivity index (χ4v) is 3.11. The van der Waals surface area contributed by atoms with Crippen molar-refractivity contribution in [1.29, 1.82) is 0 Å². The number of amides is 2. The van der Waals surface area contributed by atoms with Crippen LogP contribution in [-0.4, -0.2) is 49.6 Å². The first kappa shape index (κ1) is 19.1. The summed E-state index contributed by atoms with van der Waals surface area (Å²) in [5, 5.41) is 5.85. The van der Waals surface area contributed by atoms with E-state index in [1.54, 1.807) is 24.3 Å². The van der Waals surface area contributed by atoms with Gasteiger partial charge >= 0.3 is 0 Å². The van der Waals surface area contributed by atoms with Crippen molar-refractivity contribution in [3.8, 4) is 0 Å². The molecule has 27 heavy (non-hydrogen) atoms. The number of carbonyl (C=O) groups is 2. The van der Waals surface area contributed by atoms with Crippen molar-refractivity contribution in [2.75, 3.05) is 38.2 Å². The molecule has 0 saturated carbocycles. The van der Waals surface area contributed by atoms with Crippen LogP contribution in [0.2, 0.25) is 0 Å². The average molecular weight is 367 g/mol. The van der Waals surface area contributed by atoms with Gasteiger partial charge in [0.25, 0.3) is 5.91 Å². The van der Waals surface area contributed by atoms with Crippen molar-refractivity contribution in [3.63, 3.8) is 0 Å². The number of anilines is 1. The van der Waals surface area contributed by atoms with E-state index in [2.05, 4.69) is 15.5 Å². The summed E-state index contributed by atoms with van der Waals surface area (Å²) in [6, 6.07) is 16.8. The number of carbonyl (C=O) groups excluding carboxylic acids is 2. The SMILES string of the molecule is CC(=O)Nc1ccc(C(=O)NC(CN2CCOCC2)c2ccccc2)cc1. The van der Waals surface area contributed by atoms with E-state index in [0.29, 0.717) is 11.3 Å². The molecule has 142 valence electrons. The Morgan fingerprint density at radius 1 is 1.04 bits per heavy atom. The van der Waals surface area contributed by atoms with Crippen LogP contribution in [-0.2, 0) is 9.53 Å². The van der Waals surface area contributed by atoms with Crippen LogP contribution in [0.3, 0.4) is 0 Å². The van der Waals surface area contributed by atoms with Gasteiger partial charge in [0.1, 0.15) is 0 Å². The van der Waals surface area contributed by atoms with Crippen LogP contribution in [0, 0.1) is 0 Å². The minimum atomic E-state index is -0.137. The lowest BCUT2D eigenvalue weighted by Gasteiger charge is -2.31. The summed E-state index contributed by atoms with van der Waals surface area (Å²) in [5.74, 6) is -0.270. The van der Waals surface area contributed by atoms with E-state index < -0.39 is 0 Å². The standard InChI is InChI=1S/C21H25N3O3/c1-16(25)22-19-9-7-18(8-10-19)21(26)23-20(17-5-3-2-4-6-17)15-24-11-13-27-14-12-24/h2-10,20H,11-15H2,1H3,(H,22,25)(H,23,26). The van der Waals surface area contributed by atoms with E-state index in [1.165, 1.54) is 6.92 Å². The van der Waals surface area contributed by atoms with Gasteiger partial charge in [-0.05, 0) is 29.8 Å². The summed E-state index contributed by atoms with van der Waals surface area (Å²) in [7, 11) is 0. The maximum absolute atomic E-state index is 12.8. The molecule has 0 aromatic heterocycles. The van der Waals surface area contributed by atoms with Gasteiger partial charge in [0.05, 0.1) is 19.3 Å². The molecule has 3 rings (SSSR count). The van der Waals surface area contributed by atoms with Crippen molar-refractivity contribution in [3.05, 3.63) is 65.7 Å². The van der Waals surface area contributed by atoms with Crippen molar-refractivity contribution in [2.45, 2.75) is 13.0 Å². The topological polar surface area (TPSA) is 70.7 Å². The van der Waals surface area contributed by atoms with Crippen LogP contribution in [0.25, 0.3) is 0 Å². The normalized spacial score (nSPS) is 15.7. The Hall–Kier alpha value is -2.70. The maximum Gasteiger partial charge on any atom is 0.251 e. The van der Waals surface area contributed by atoms with Gasteiger partial charge in [-0.2, -0.15) is 0 Å². The highest BCUT2D eigenvalue weighted by Gasteiger charge is 2.20. The fraction of sp³-hybridized carbons (Fsp3) is 0.333. The predicted octanol–water partition coefficient (Wildman–Crippen LogP) is 2.45. The molecule has 6 nitrogen and oxygen atoms in total. The Bertz CT molecular complexity index is 756. The van der Waals surface area contributed by atoms with Crippen molar-refractivity contribution >= 4 is 17.5 Å². The van der Waals surface area contributed by atoms with E-state index in [1.807, 2.05) is 30.3 Å². The highest BCUT2D eigenvalue weighted by Crippen LogP contribution is 2.17. The molecule has 1 fully saturated rings. The van der Waals surface area contributed by atoms with E-state index in [0.717, 1.165) is 38.4 Å². The third-order valence-electron chi connectivity index (χ3n) is 4.52. The third-order valence-corrected chi connectivity index (χ3v) is 4.52. The number of benzene rings is 2. The Labute approximate surface area is 159 Å². The summed E-state index contributed by atoms with van der Waals surface area (Å²) >= 11 is 0. The second-order valence-electron chi connectivity index (χ2n) is 6.61. The molecule has 2 N–H and O–H groups in total. The summed E-state index contributed by atoms with van der Waals surface area (Å²) < 4.78 is 5.42. The summed E-state index contributed by atoms with van der Waals surface area (Å²) in [4.78, 5) is 26.2. The minimum Gasteiger partial charge on any atom is -0.379 e. The quantitative estimate of drug-likeness (QED) is 0.823. The molecule has 0 radical (unpaired) electrons. The highest BCUT2D eigenvalue weighted by atomic mass is 16.5. The van der Waals surface area contributed by atoms with Gasteiger partial charge in [-0.15, -0.1) is 0 Å². The molecule has 2 amide bonds. The van der Waals surface area contributed by atoms with Crippen LogP contribution in [0.15, 0.2) is 54.6 Å². The molecule has 0 spiro atoms. The number of ether oxygens (including phenoxy) is 1. The Morgan fingerprint density at radius 2 is 1.70 bits per heavy atom. The molecule has 0 bridgehead atoms. The summed E-state index contributed by atoms with van der Waals surface area (Å²) in [6.07, 6.45) is 0. The minimum absolute atomic E-state index is 0.105. The predicted molar refractivity (Wildman–Crippen MR) is 105 cm³/mol. The zero-order valence-electron chi connectivity index (χ0n) is 15.5. The zero-order chi connectivity index (χ0) is 19.1. The molecule has 1 aliphatic rings. The van der Waals surface area contributed by atoms with Crippen LogP contribution in [0.5, 0.6) is 0 Å². The molecule has 1 aliphatic heterocycles. The first-order valence-electron chi connectivity index (χ1n) is 9.15. The second kappa shape index (κ2) is 9.30. The largest absolute Gasteiger partial charge is 0.379 e. The van der Waals surface area contributed by atoms with E-state index in [4.69, 9.17) is 4.74 Å². The van der Waals surface area contributed by atoms with Crippen LogP contribution >= 0.6 is 0 Å². The summed E-state index contributed by atoms with van der Waals surface area (Å²) in [6.45, 7) is 5.37. The first-order chi connectivity index (χ1) is 13.1. The van der Waals surface area contributed by atoms with Crippen LogP contribution in [0.1, 0.15) is 28.9 Å². The van der Waals surface area contributed by atoms with Gasteiger partial charge in [0.2, 0.25) is 5.91 Å². The van der Waals surface area contributed by atoms with Gasteiger partial charge in [-0.1, -0.05) is 30.3 Å². The zero-order valence-corrected chi connectivity index (χ0v) is 15.5.